The summed E-state index contributed by atoms with van der Waals surface area (Å²) in [4.78, 5) is 9.35. The molecule has 3 nitrogen and oxygen atoms in total. The fourth-order valence-corrected chi connectivity index (χ4v) is 2.74. The van der Waals surface area contributed by atoms with Gasteiger partial charge in [0.05, 0.1) is 5.52 Å². The van der Waals surface area contributed by atoms with Crippen molar-refractivity contribution in [1.82, 2.24) is 9.88 Å². The van der Waals surface area contributed by atoms with Gasteiger partial charge < -0.3 is 9.80 Å². The summed E-state index contributed by atoms with van der Waals surface area (Å²) in [6.07, 6.45) is 1.13. The van der Waals surface area contributed by atoms with Gasteiger partial charge >= 0.3 is 0 Å². The summed E-state index contributed by atoms with van der Waals surface area (Å²) in [6.45, 7) is 5.24. The quantitative estimate of drug-likeness (QED) is 0.726. The summed E-state index contributed by atoms with van der Waals surface area (Å²) in [5.74, 6) is 1.55. The van der Waals surface area contributed by atoms with Crippen LogP contribution in [-0.4, -0.2) is 43.6 Å². The minimum absolute atomic E-state index is 0.519. The molecule has 114 valence electrons. The first-order valence-electron chi connectivity index (χ1n) is 7.50. The minimum atomic E-state index is 0.519. The van der Waals surface area contributed by atoms with Crippen LogP contribution in [0.3, 0.4) is 0 Å². The van der Waals surface area contributed by atoms with Crippen molar-refractivity contribution in [2.45, 2.75) is 19.2 Å². The van der Waals surface area contributed by atoms with E-state index in [1.165, 1.54) is 0 Å². The van der Waals surface area contributed by atoms with Gasteiger partial charge in [-0.15, -0.1) is 11.6 Å². The molecule has 2 aromatic rings. The van der Waals surface area contributed by atoms with Crippen LogP contribution in [0.2, 0.25) is 0 Å². The molecule has 1 aromatic carbocycles. The van der Waals surface area contributed by atoms with Crippen LogP contribution in [-0.2, 0) is 5.88 Å². The molecule has 0 unspecified atom stereocenters. The Balaban J connectivity index is 2.26. The van der Waals surface area contributed by atoms with Crippen molar-refractivity contribution in [3.8, 4) is 0 Å². The maximum atomic E-state index is 6.12. The molecule has 0 N–H and O–H groups in total. The highest BCUT2D eigenvalue weighted by molar-refractivity contribution is 6.18. The number of benzene rings is 1. The van der Waals surface area contributed by atoms with E-state index in [9.17, 15) is 0 Å². The van der Waals surface area contributed by atoms with Gasteiger partial charge in [0.25, 0.3) is 0 Å². The van der Waals surface area contributed by atoms with Gasteiger partial charge in [-0.3, -0.25) is 0 Å². The van der Waals surface area contributed by atoms with E-state index >= 15 is 0 Å². The summed E-state index contributed by atoms with van der Waals surface area (Å²) in [5.41, 5.74) is 2.18. The summed E-state index contributed by atoms with van der Waals surface area (Å²) >= 11 is 6.12. The molecule has 1 aromatic heterocycles. The third kappa shape index (κ3) is 4.08. The lowest BCUT2D eigenvalue weighted by Crippen LogP contribution is -2.27. The van der Waals surface area contributed by atoms with Gasteiger partial charge in [0.15, 0.2) is 0 Å². The Bertz CT molecular complexity index is 583. The predicted molar refractivity (Wildman–Crippen MR) is 92.4 cm³/mol. The van der Waals surface area contributed by atoms with Crippen molar-refractivity contribution in [3.05, 3.63) is 35.9 Å². The average Bonchev–Trinajstić information content (AvgIpc) is 2.50. The van der Waals surface area contributed by atoms with Gasteiger partial charge in [0, 0.05) is 24.4 Å². The molecule has 0 radical (unpaired) electrons. The summed E-state index contributed by atoms with van der Waals surface area (Å²) in [6, 6.07) is 10.3. The van der Waals surface area contributed by atoms with E-state index < -0.39 is 0 Å². The number of hydrogen-bond donors (Lipinski definition) is 0. The molecule has 0 aliphatic heterocycles. The zero-order valence-corrected chi connectivity index (χ0v) is 13.9. The number of fused-ring (bicyclic) bond motifs is 1. The van der Waals surface area contributed by atoms with Crippen LogP contribution in [0.25, 0.3) is 10.9 Å². The second-order valence-corrected chi connectivity index (χ2v) is 5.79. The van der Waals surface area contributed by atoms with Crippen molar-refractivity contribution in [1.29, 1.82) is 0 Å². The lowest BCUT2D eigenvalue weighted by atomic mass is 10.1. The Labute approximate surface area is 132 Å². The topological polar surface area (TPSA) is 19.4 Å². The molecule has 21 heavy (non-hydrogen) atoms. The van der Waals surface area contributed by atoms with E-state index in [0.717, 1.165) is 48.3 Å². The average molecular weight is 306 g/mol. The van der Waals surface area contributed by atoms with Gasteiger partial charge in [-0.1, -0.05) is 18.2 Å². The second-order valence-electron chi connectivity index (χ2n) is 5.53. The highest BCUT2D eigenvalue weighted by Crippen LogP contribution is 2.24. The first kappa shape index (κ1) is 16.1. The van der Waals surface area contributed by atoms with Gasteiger partial charge in [-0.25, -0.2) is 4.98 Å². The van der Waals surface area contributed by atoms with Crippen molar-refractivity contribution in [2.75, 3.05) is 38.6 Å². The number of nitrogens with zero attached hydrogens (tertiary/aromatic N) is 3. The summed E-state index contributed by atoms with van der Waals surface area (Å²) in [7, 11) is 4.21. The van der Waals surface area contributed by atoms with Crippen molar-refractivity contribution in [3.63, 3.8) is 0 Å². The number of anilines is 1. The Kier molecular flexibility index (Phi) is 5.83. The number of hydrogen-bond acceptors (Lipinski definition) is 3. The van der Waals surface area contributed by atoms with Crippen LogP contribution in [0.5, 0.6) is 0 Å². The number of pyridine rings is 1. The minimum Gasteiger partial charge on any atom is -0.357 e. The molecular weight excluding hydrogens is 282 g/mol. The van der Waals surface area contributed by atoms with Crippen LogP contribution in [0.1, 0.15) is 18.9 Å². The highest BCUT2D eigenvalue weighted by Gasteiger charge is 2.10. The van der Waals surface area contributed by atoms with Crippen LogP contribution in [0.15, 0.2) is 30.3 Å². The van der Waals surface area contributed by atoms with E-state index in [0.29, 0.717) is 5.88 Å². The standard InChI is InChI=1S/C17H24ClN3/c1-4-21(11-7-10-20(2)3)17-12-14(13-18)15-8-5-6-9-16(15)19-17/h5-6,8-9,12H,4,7,10-11,13H2,1-3H3. The SMILES string of the molecule is CCN(CCCN(C)C)c1cc(CCl)c2ccccc2n1. The second kappa shape index (κ2) is 7.62. The smallest absolute Gasteiger partial charge is 0.129 e. The van der Waals surface area contributed by atoms with Gasteiger partial charge in [-0.2, -0.15) is 0 Å². The zero-order chi connectivity index (χ0) is 15.2. The van der Waals surface area contributed by atoms with Gasteiger partial charge in [-0.05, 0) is 51.7 Å². The molecule has 0 fully saturated rings. The van der Waals surface area contributed by atoms with Crippen LogP contribution in [0.4, 0.5) is 5.82 Å². The molecule has 0 saturated heterocycles. The molecule has 0 spiro atoms. The first-order valence-corrected chi connectivity index (χ1v) is 8.03. The number of aromatic nitrogens is 1. The largest absolute Gasteiger partial charge is 0.357 e. The van der Waals surface area contributed by atoms with Crippen molar-refractivity contribution in [2.24, 2.45) is 0 Å². The normalized spacial score (nSPS) is 11.3. The highest BCUT2D eigenvalue weighted by atomic mass is 35.5. The molecule has 4 heteroatoms. The number of alkyl halides is 1. The van der Waals surface area contributed by atoms with Crippen LogP contribution in [0, 0.1) is 0 Å². The van der Waals surface area contributed by atoms with Crippen LogP contribution < -0.4 is 4.90 Å². The third-order valence-corrected chi connectivity index (χ3v) is 3.96. The van der Waals surface area contributed by atoms with Crippen molar-refractivity contribution < 1.29 is 0 Å². The molecular formula is C17H24ClN3. The van der Waals surface area contributed by atoms with E-state index in [4.69, 9.17) is 16.6 Å². The Hall–Kier alpha value is -1.32. The third-order valence-electron chi connectivity index (χ3n) is 3.67. The molecule has 1 heterocycles. The molecule has 2 rings (SSSR count). The Morgan fingerprint density at radius 1 is 1.14 bits per heavy atom. The molecule has 0 saturated carbocycles. The van der Waals surface area contributed by atoms with E-state index in [2.05, 4.69) is 49.0 Å². The number of rotatable bonds is 7. The molecule has 0 aliphatic rings. The molecule has 0 atom stereocenters. The monoisotopic (exact) mass is 305 g/mol. The Morgan fingerprint density at radius 3 is 2.57 bits per heavy atom. The lowest BCUT2D eigenvalue weighted by Gasteiger charge is -2.24. The fraction of sp³-hybridized carbons (Fsp3) is 0.471. The molecule has 0 amide bonds. The maximum absolute atomic E-state index is 6.12. The fourth-order valence-electron chi connectivity index (χ4n) is 2.52. The lowest BCUT2D eigenvalue weighted by molar-refractivity contribution is 0.400. The zero-order valence-electron chi connectivity index (χ0n) is 13.1. The maximum Gasteiger partial charge on any atom is 0.129 e. The number of halogens is 1. The molecule has 0 aliphatic carbocycles. The van der Waals surface area contributed by atoms with Gasteiger partial charge in [0.1, 0.15) is 5.82 Å². The Morgan fingerprint density at radius 2 is 1.90 bits per heavy atom. The van der Waals surface area contributed by atoms with Crippen molar-refractivity contribution >= 4 is 28.3 Å². The summed E-state index contributed by atoms with van der Waals surface area (Å²) < 4.78 is 0. The summed E-state index contributed by atoms with van der Waals surface area (Å²) in [5, 5.41) is 1.15. The number of para-hydroxylation sites is 1. The van der Waals surface area contributed by atoms with E-state index in [1.807, 2.05) is 12.1 Å². The van der Waals surface area contributed by atoms with Gasteiger partial charge in [0.2, 0.25) is 0 Å². The van der Waals surface area contributed by atoms with E-state index in [1.54, 1.807) is 0 Å². The first-order chi connectivity index (χ1) is 10.2. The molecule has 0 bridgehead atoms. The van der Waals surface area contributed by atoms with E-state index in [-0.39, 0.29) is 0 Å². The van der Waals surface area contributed by atoms with Crippen LogP contribution >= 0.6 is 11.6 Å². The predicted octanol–water partition coefficient (Wildman–Crippen LogP) is 3.75.